The van der Waals surface area contributed by atoms with Crippen molar-refractivity contribution in [2.75, 3.05) is 0 Å². The summed E-state index contributed by atoms with van der Waals surface area (Å²) in [6.45, 7) is 0. The van der Waals surface area contributed by atoms with Crippen LogP contribution < -0.4 is 5.73 Å². The van der Waals surface area contributed by atoms with Gasteiger partial charge in [0.15, 0.2) is 0 Å². The lowest BCUT2D eigenvalue weighted by atomic mass is 9.62. The predicted octanol–water partition coefficient (Wildman–Crippen LogP) is 0.525. The fourth-order valence-corrected chi connectivity index (χ4v) is 2.02. The van der Waals surface area contributed by atoms with Crippen LogP contribution in [0.15, 0.2) is 24.5 Å². The van der Waals surface area contributed by atoms with Gasteiger partial charge in [-0.1, -0.05) is 6.07 Å². The van der Waals surface area contributed by atoms with Gasteiger partial charge < -0.3 is 10.8 Å². The number of aromatic nitrogens is 1. The zero-order valence-electron chi connectivity index (χ0n) is 7.68. The summed E-state index contributed by atoms with van der Waals surface area (Å²) in [6, 6.07) is 3.56. The zero-order valence-corrected chi connectivity index (χ0v) is 7.68. The summed E-state index contributed by atoms with van der Waals surface area (Å²) in [5.41, 5.74) is 5.62. The first-order valence-electron chi connectivity index (χ1n) is 4.55. The van der Waals surface area contributed by atoms with E-state index in [1.54, 1.807) is 24.5 Å². The number of aliphatic carboxylic acids is 1. The molecule has 0 aromatic carbocycles. The highest BCUT2D eigenvalue weighted by atomic mass is 16.4. The first-order chi connectivity index (χ1) is 6.65. The summed E-state index contributed by atoms with van der Waals surface area (Å²) >= 11 is 0. The lowest BCUT2D eigenvalue weighted by Gasteiger charge is -2.42. The Morgan fingerprint density at radius 1 is 1.64 bits per heavy atom. The highest BCUT2D eigenvalue weighted by Crippen LogP contribution is 2.42. The van der Waals surface area contributed by atoms with Gasteiger partial charge in [-0.15, -0.1) is 0 Å². The number of carboxylic acid groups (broad SMARTS) is 1. The quantitative estimate of drug-likeness (QED) is 0.716. The van der Waals surface area contributed by atoms with E-state index < -0.39 is 11.4 Å². The highest BCUT2D eigenvalue weighted by Gasteiger charge is 2.50. The molecule has 0 saturated heterocycles. The van der Waals surface area contributed by atoms with E-state index in [-0.39, 0.29) is 6.04 Å². The van der Waals surface area contributed by atoms with Crippen molar-refractivity contribution in [1.82, 2.24) is 4.98 Å². The average molecular weight is 192 g/mol. The van der Waals surface area contributed by atoms with Gasteiger partial charge >= 0.3 is 5.97 Å². The Hall–Kier alpha value is -1.42. The first-order valence-corrected chi connectivity index (χ1v) is 4.55. The molecule has 0 atom stereocenters. The van der Waals surface area contributed by atoms with Crippen molar-refractivity contribution in [2.24, 2.45) is 5.73 Å². The Morgan fingerprint density at radius 3 is 2.79 bits per heavy atom. The number of hydrogen-bond acceptors (Lipinski definition) is 3. The molecule has 0 radical (unpaired) electrons. The van der Waals surface area contributed by atoms with E-state index in [4.69, 9.17) is 5.73 Å². The van der Waals surface area contributed by atoms with Crippen LogP contribution in [0, 0.1) is 0 Å². The van der Waals surface area contributed by atoms with Crippen molar-refractivity contribution in [3.8, 4) is 0 Å². The molecule has 1 heterocycles. The number of pyridine rings is 1. The van der Waals surface area contributed by atoms with Crippen LogP contribution in [-0.4, -0.2) is 22.1 Å². The van der Waals surface area contributed by atoms with Crippen LogP contribution in [0.3, 0.4) is 0 Å². The molecule has 2 rings (SSSR count). The second kappa shape index (κ2) is 3.06. The second-order valence-corrected chi connectivity index (χ2v) is 3.80. The Balaban J connectivity index is 2.34. The first kappa shape index (κ1) is 9.15. The third kappa shape index (κ3) is 1.19. The standard InChI is InChI=1S/C10H12N2O2/c11-8-4-10(5-8,9(13)14)7-2-1-3-12-6-7/h1-3,6,8H,4-5,11H2,(H,13,14). The number of rotatable bonds is 2. The van der Waals surface area contributed by atoms with Gasteiger partial charge in [0.25, 0.3) is 0 Å². The SMILES string of the molecule is NC1CC(C(=O)O)(c2cccnc2)C1. The Bertz CT molecular complexity index is 344. The van der Waals surface area contributed by atoms with E-state index in [0.29, 0.717) is 12.8 Å². The maximum absolute atomic E-state index is 11.2. The molecule has 0 spiro atoms. The smallest absolute Gasteiger partial charge is 0.314 e. The molecule has 1 aromatic heterocycles. The van der Waals surface area contributed by atoms with Crippen molar-refractivity contribution in [3.63, 3.8) is 0 Å². The molecule has 0 amide bonds. The summed E-state index contributed by atoms with van der Waals surface area (Å²) in [4.78, 5) is 15.1. The summed E-state index contributed by atoms with van der Waals surface area (Å²) in [5.74, 6) is -0.799. The van der Waals surface area contributed by atoms with E-state index in [2.05, 4.69) is 4.98 Å². The van der Waals surface area contributed by atoms with Gasteiger partial charge in [-0.3, -0.25) is 9.78 Å². The molecule has 1 aliphatic carbocycles. The van der Waals surface area contributed by atoms with Gasteiger partial charge in [-0.2, -0.15) is 0 Å². The van der Waals surface area contributed by atoms with Crippen LogP contribution in [0.25, 0.3) is 0 Å². The number of carbonyl (C=O) groups is 1. The van der Waals surface area contributed by atoms with Crippen LogP contribution in [0.5, 0.6) is 0 Å². The molecule has 1 aliphatic rings. The molecule has 0 bridgehead atoms. The van der Waals surface area contributed by atoms with E-state index >= 15 is 0 Å². The van der Waals surface area contributed by atoms with Crippen molar-refractivity contribution < 1.29 is 9.90 Å². The van der Waals surface area contributed by atoms with E-state index in [9.17, 15) is 9.90 Å². The molecule has 74 valence electrons. The highest BCUT2D eigenvalue weighted by molar-refractivity contribution is 5.82. The molecule has 14 heavy (non-hydrogen) atoms. The van der Waals surface area contributed by atoms with E-state index in [0.717, 1.165) is 5.56 Å². The third-order valence-electron chi connectivity index (χ3n) is 2.84. The fraction of sp³-hybridized carbons (Fsp3) is 0.400. The average Bonchev–Trinajstić information content (AvgIpc) is 2.13. The van der Waals surface area contributed by atoms with Gasteiger partial charge in [0.1, 0.15) is 0 Å². The number of nitrogens with zero attached hydrogens (tertiary/aromatic N) is 1. The number of carboxylic acids is 1. The van der Waals surface area contributed by atoms with Gasteiger partial charge in [-0.05, 0) is 24.5 Å². The molecule has 4 nitrogen and oxygen atoms in total. The van der Waals surface area contributed by atoms with Crippen molar-refractivity contribution in [2.45, 2.75) is 24.3 Å². The van der Waals surface area contributed by atoms with Crippen LogP contribution in [0.4, 0.5) is 0 Å². The Labute approximate surface area is 81.8 Å². The number of nitrogens with two attached hydrogens (primary N) is 1. The minimum atomic E-state index is -0.799. The summed E-state index contributed by atoms with van der Waals surface area (Å²) in [6.07, 6.45) is 4.26. The monoisotopic (exact) mass is 192 g/mol. The van der Waals surface area contributed by atoms with Crippen molar-refractivity contribution in [1.29, 1.82) is 0 Å². The maximum Gasteiger partial charge on any atom is 0.314 e. The third-order valence-corrected chi connectivity index (χ3v) is 2.84. The lowest BCUT2D eigenvalue weighted by molar-refractivity contribution is -0.148. The molecular formula is C10H12N2O2. The maximum atomic E-state index is 11.2. The van der Waals surface area contributed by atoms with E-state index in [1.807, 2.05) is 0 Å². The van der Waals surface area contributed by atoms with Crippen LogP contribution in [0.1, 0.15) is 18.4 Å². The van der Waals surface area contributed by atoms with Gasteiger partial charge in [0, 0.05) is 18.4 Å². The molecule has 3 N–H and O–H groups in total. The summed E-state index contributed by atoms with van der Waals surface area (Å²) < 4.78 is 0. The predicted molar refractivity (Wildman–Crippen MR) is 50.8 cm³/mol. The van der Waals surface area contributed by atoms with Crippen LogP contribution in [-0.2, 0) is 10.2 Å². The largest absolute Gasteiger partial charge is 0.481 e. The summed E-state index contributed by atoms with van der Waals surface area (Å²) in [5, 5.41) is 9.17. The molecule has 1 saturated carbocycles. The molecular weight excluding hydrogens is 180 g/mol. The Morgan fingerprint density at radius 2 is 2.36 bits per heavy atom. The molecule has 0 unspecified atom stereocenters. The molecule has 1 aromatic rings. The molecule has 1 fully saturated rings. The van der Waals surface area contributed by atoms with Crippen LogP contribution >= 0.6 is 0 Å². The van der Waals surface area contributed by atoms with Gasteiger partial charge in [0.05, 0.1) is 5.41 Å². The van der Waals surface area contributed by atoms with Gasteiger partial charge in [-0.25, -0.2) is 0 Å². The summed E-state index contributed by atoms with van der Waals surface area (Å²) in [7, 11) is 0. The van der Waals surface area contributed by atoms with E-state index in [1.165, 1.54) is 0 Å². The minimum Gasteiger partial charge on any atom is -0.481 e. The minimum absolute atomic E-state index is 0.00584. The van der Waals surface area contributed by atoms with Crippen LogP contribution in [0.2, 0.25) is 0 Å². The molecule has 4 heteroatoms. The fourth-order valence-electron chi connectivity index (χ4n) is 2.02. The molecule has 0 aliphatic heterocycles. The topological polar surface area (TPSA) is 76.2 Å². The second-order valence-electron chi connectivity index (χ2n) is 3.80. The normalized spacial score (nSPS) is 30.8. The Kier molecular flexibility index (Phi) is 2.00. The van der Waals surface area contributed by atoms with Gasteiger partial charge in [0.2, 0.25) is 0 Å². The van der Waals surface area contributed by atoms with Crippen molar-refractivity contribution >= 4 is 5.97 Å². The lowest BCUT2D eigenvalue weighted by Crippen LogP contribution is -2.54. The van der Waals surface area contributed by atoms with Crippen molar-refractivity contribution in [3.05, 3.63) is 30.1 Å². The number of hydrogen-bond donors (Lipinski definition) is 2. The zero-order chi connectivity index (χ0) is 10.2.